The van der Waals surface area contributed by atoms with Crippen LogP contribution >= 0.6 is 0 Å². The second-order valence-corrected chi connectivity index (χ2v) is 6.51. The molecule has 2 rings (SSSR count). The number of nitrogens with one attached hydrogen (secondary N) is 1. The number of rotatable bonds is 6. The van der Waals surface area contributed by atoms with Gasteiger partial charge in [0.25, 0.3) is 0 Å². The van der Waals surface area contributed by atoms with Crippen molar-refractivity contribution < 1.29 is 13.2 Å². The van der Waals surface area contributed by atoms with Crippen LogP contribution in [0.3, 0.4) is 0 Å². The van der Waals surface area contributed by atoms with Gasteiger partial charge >= 0.3 is 0 Å². The summed E-state index contributed by atoms with van der Waals surface area (Å²) in [6.45, 7) is 3.74. The smallest absolute Gasteiger partial charge is 0.240 e. The average molecular weight is 299 g/mol. The lowest BCUT2D eigenvalue weighted by atomic mass is 10.3. The molecule has 0 amide bonds. The molecule has 0 spiro atoms. The fraction of sp³-hybridized carbons (Fsp3) is 0.538. The van der Waals surface area contributed by atoms with E-state index in [1.54, 1.807) is 30.3 Å². The maximum atomic E-state index is 12.0. The monoisotopic (exact) mass is 299 g/mol. The minimum absolute atomic E-state index is 0.0504. The van der Waals surface area contributed by atoms with Crippen LogP contribution < -0.4 is 10.5 Å². The molecule has 0 aliphatic carbocycles. The predicted molar refractivity (Wildman–Crippen MR) is 76.9 cm³/mol. The summed E-state index contributed by atoms with van der Waals surface area (Å²) in [6, 6.07) is 8.38. The van der Waals surface area contributed by atoms with Gasteiger partial charge in [-0.3, -0.25) is 4.90 Å². The standard InChI is InChI=1S/C13H21N3O3S/c14-10-12-11-16(8-9-19-12)7-6-15-20(17,18)13-4-2-1-3-5-13/h1-5,12,15H,6-11,14H2. The van der Waals surface area contributed by atoms with Crippen LogP contribution in [0.5, 0.6) is 0 Å². The van der Waals surface area contributed by atoms with E-state index < -0.39 is 10.0 Å². The Morgan fingerprint density at radius 2 is 2.10 bits per heavy atom. The molecule has 1 unspecified atom stereocenters. The SMILES string of the molecule is NCC1CN(CCNS(=O)(=O)c2ccccc2)CCO1. The first-order chi connectivity index (χ1) is 9.62. The third-order valence-corrected chi connectivity index (χ3v) is 4.74. The van der Waals surface area contributed by atoms with E-state index in [-0.39, 0.29) is 6.10 Å². The van der Waals surface area contributed by atoms with Crippen LogP contribution in [-0.2, 0) is 14.8 Å². The highest BCUT2D eigenvalue weighted by atomic mass is 32.2. The van der Waals surface area contributed by atoms with Crippen LogP contribution in [0, 0.1) is 0 Å². The summed E-state index contributed by atoms with van der Waals surface area (Å²) >= 11 is 0. The molecular weight excluding hydrogens is 278 g/mol. The van der Waals surface area contributed by atoms with Crippen molar-refractivity contribution in [3.63, 3.8) is 0 Å². The third kappa shape index (κ3) is 4.26. The fourth-order valence-corrected chi connectivity index (χ4v) is 3.19. The number of nitrogens with zero attached hydrogens (tertiary/aromatic N) is 1. The summed E-state index contributed by atoms with van der Waals surface area (Å²) in [4.78, 5) is 2.45. The first-order valence-electron chi connectivity index (χ1n) is 6.70. The Morgan fingerprint density at radius 3 is 2.80 bits per heavy atom. The summed E-state index contributed by atoms with van der Waals surface area (Å²) in [5, 5.41) is 0. The molecule has 0 aromatic heterocycles. The number of hydrogen-bond acceptors (Lipinski definition) is 5. The van der Waals surface area contributed by atoms with Crippen molar-refractivity contribution in [3.8, 4) is 0 Å². The first-order valence-corrected chi connectivity index (χ1v) is 8.19. The highest BCUT2D eigenvalue weighted by Gasteiger charge is 2.19. The Balaban J connectivity index is 1.81. The van der Waals surface area contributed by atoms with Crippen LogP contribution in [0.1, 0.15) is 0 Å². The Morgan fingerprint density at radius 1 is 1.35 bits per heavy atom. The largest absolute Gasteiger partial charge is 0.374 e. The van der Waals surface area contributed by atoms with Crippen molar-refractivity contribution in [2.24, 2.45) is 5.73 Å². The van der Waals surface area contributed by atoms with E-state index in [0.29, 0.717) is 31.1 Å². The molecule has 0 saturated carbocycles. The number of hydrogen-bond donors (Lipinski definition) is 2. The van der Waals surface area contributed by atoms with Crippen molar-refractivity contribution in [2.45, 2.75) is 11.0 Å². The summed E-state index contributed by atoms with van der Waals surface area (Å²) < 4.78 is 32.1. The van der Waals surface area contributed by atoms with Crippen molar-refractivity contribution >= 4 is 10.0 Å². The Bertz CT molecular complexity index is 507. The van der Waals surface area contributed by atoms with Gasteiger partial charge in [0.2, 0.25) is 10.0 Å². The molecule has 1 aromatic carbocycles. The molecule has 20 heavy (non-hydrogen) atoms. The zero-order valence-electron chi connectivity index (χ0n) is 11.4. The van der Waals surface area contributed by atoms with E-state index in [9.17, 15) is 8.42 Å². The molecule has 7 heteroatoms. The van der Waals surface area contributed by atoms with Crippen molar-refractivity contribution in [1.29, 1.82) is 0 Å². The second-order valence-electron chi connectivity index (χ2n) is 4.74. The number of ether oxygens (including phenoxy) is 1. The number of benzene rings is 1. The molecule has 1 saturated heterocycles. The second kappa shape index (κ2) is 7.14. The van der Waals surface area contributed by atoms with Crippen molar-refractivity contribution in [3.05, 3.63) is 30.3 Å². The van der Waals surface area contributed by atoms with Crippen LogP contribution in [0.25, 0.3) is 0 Å². The lowest BCUT2D eigenvalue weighted by Gasteiger charge is -2.32. The van der Waals surface area contributed by atoms with E-state index in [2.05, 4.69) is 9.62 Å². The Hall–Kier alpha value is -0.990. The molecule has 6 nitrogen and oxygen atoms in total. The van der Waals surface area contributed by atoms with Gasteiger partial charge in [-0.15, -0.1) is 0 Å². The fourth-order valence-electron chi connectivity index (χ4n) is 2.15. The summed E-state index contributed by atoms with van der Waals surface area (Å²) in [5.41, 5.74) is 5.58. The lowest BCUT2D eigenvalue weighted by molar-refractivity contribution is -0.0222. The van der Waals surface area contributed by atoms with Crippen molar-refractivity contribution in [2.75, 3.05) is 39.3 Å². The highest BCUT2D eigenvalue weighted by molar-refractivity contribution is 7.89. The predicted octanol–water partition coefficient (Wildman–Crippen LogP) is -0.376. The minimum Gasteiger partial charge on any atom is -0.374 e. The average Bonchev–Trinajstić information content (AvgIpc) is 2.48. The quantitative estimate of drug-likeness (QED) is 0.748. The van der Waals surface area contributed by atoms with Crippen LogP contribution in [0.4, 0.5) is 0 Å². The molecule has 1 aliphatic rings. The number of morpholine rings is 1. The number of sulfonamides is 1. The zero-order valence-corrected chi connectivity index (χ0v) is 12.2. The van der Waals surface area contributed by atoms with Gasteiger partial charge in [0, 0.05) is 32.7 Å². The first kappa shape index (κ1) is 15.4. The normalized spacial score (nSPS) is 20.9. The minimum atomic E-state index is -3.41. The van der Waals surface area contributed by atoms with E-state index in [1.807, 2.05) is 0 Å². The van der Waals surface area contributed by atoms with E-state index in [4.69, 9.17) is 10.5 Å². The zero-order chi connectivity index (χ0) is 14.4. The Kier molecular flexibility index (Phi) is 5.50. The van der Waals surface area contributed by atoms with Gasteiger partial charge in [-0.2, -0.15) is 0 Å². The number of nitrogens with two attached hydrogens (primary N) is 1. The van der Waals surface area contributed by atoms with Gasteiger partial charge in [0.05, 0.1) is 17.6 Å². The maximum absolute atomic E-state index is 12.0. The van der Waals surface area contributed by atoms with Crippen LogP contribution in [-0.4, -0.2) is 58.8 Å². The summed E-state index contributed by atoms with van der Waals surface area (Å²) in [6.07, 6.45) is 0.0504. The van der Waals surface area contributed by atoms with Gasteiger partial charge in [0.15, 0.2) is 0 Å². The van der Waals surface area contributed by atoms with Crippen LogP contribution in [0.15, 0.2) is 35.2 Å². The van der Waals surface area contributed by atoms with Gasteiger partial charge in [-0.1, -0.05) is 18.2 Å². The van der Waals surface area contributed by atoms with Gasteiger partial charge in [0.1, 0.15) is 0 Å². The lowest BCUT2D eigenvalue weighted by Crippen LogP contribution is -2.47. The summed E-state index contributed by atoms with van der Waals surface area (Å²) in [5.74, 6) is 0. The molecular formula is C13H21N3O3S. The van der Waals surface area contributed by atoms with E-state index in [1.165, 1.54) is 0 Å². The molecule has 1 heterocycles. The van der Waals surface area contributed by atoms with Gasteiger partial charge < -0.3 is 10.5 Å². The third-order valence-electron chi connectivity index (χ3n) is 3.26. The van der Waals surface area contributed by atoms with Crippen molar-refractivity contribution in [1.82, 2.24) is 9.62 Å². The van der Waals surface area contributed by atoms with E-state index in [0.717, 1.165) is 13.1 Å². The molecule has 0 radical (unpaired) electrons. The maximum Gasteiger partial charge on any atom is 0.240 e. The molecule has 1 aromatic rings. The molecule has 1 fully saturated rings. The van der Waals surface area contributed by atoms with Gasteiger partial charge in [-0.05, 0) is 12.1 Å². The highest BCUT2D eigenvalue weighted by Crippen LogP contribution is 2.07. The molecule has 112 valence electrons. The molecule has 1 atom stereocenters. The topological polar surface area (TPSA) is 84.7 Å². The molecule has 3 N–H and O–H groups in total. The van der Waals surface area contributed by atoms with Gasteiger partial charge in [-0.25, -0.2) is 13.1 Å². The Labute approximate surface area is 120 Å². The molecule has 0 bridgehead atoms. The van der Waals surface area contributed by atoms with E-state index >= 15 is 0 Å². The molecule has 1 aliphatic heterocycles. The summed E-state index contributed by atoms with van der Waals surface area (Å²) in [7, 11) is -3.41. The van der Waals surface area contributed by atoms with Crippen LogP contribution in [0.2, 0.25) is 0 Å².